The summed E-state index contributed by atoms with van der Waals surface area (Å²) >= 11 is 1.43. The van der Waals surface area contributed by atoms with Crippen LogP contribution in [0, 0.1) is 0 Å². The number of rotatable bonds is 8. The monoisotopic (exact) mass is 464 g/mol. The number of carbonyl (C=O) groups is 1. The van der Waals surface area contributed by atoms with Crippen molar-refractivity contribution in [1.82, 2.24) is 19.7 Å². The Labute approximate surface area is 200 Å². The van der Waals surface area contributed by atoms with Crippen LogP contribution >= 0.6 is 11.8 Å². The maximum atomic E-state index is 12.9. The van der Waals surface area contributed by atoms with E-state index < -0.39 is 0 Å². The molecule has 0 saturated carbocycles. The van der Waals surface area contributed by atoms with Gasteiger partial charge in [-0.15, -0.1) is 10.2 Å². The molecule has 1 aliphatic heterocycles. The number of likely N-dealkylation sites (tertiary alicyclic amines) is 1. The molecule has 0 aliphatic carbocycles. The molecule has 1 saturated heterocycles. The fourth-order valence-corrected chi connectivity index (χ4v) is 4.82. The van der Waals surface area contributed by atoms with Crippen molar-refractivity contribution in [3.63, 3.8) is 0 Å². The quantitative estimate of drug-likeness (QED) is 0.497. The lowest BCUT2D eigenvalue weighted by Gasteiger charge is -2.26. The Bertz CT molecular complexity index is 1040. The van der Waals surface area contributed by atoms with Crippen molar-refractivity contribution in [3.05, 3.63) is 60.4 Å². The minimum absolute atomic E-state index is 0.0576. The maximum absolute atomic E-state index is 12.9. The Morgan fingerprint density at radius 1 is 1.03 bits per heavy atom. The van der Waals surface area contributed by atoms with E-state index in [1.54, 1.807) is 0 Å². The van der Waals surface area contributed by atoms with Gasteiger partial charge in [-0.25, -0.2) is 0 Å². The Kier molecular flexibility index (Phi) is 7.67. The molecule has 1 atom stereocenters. The molecule has 0 radical (unpaired) electrons. The second-order valence-electron chi connectivity index (χ2n) is 8.60. The van der Waals surface area contributed by atoms with Gasteiger partial charge in [-0.1, -0.05) is 36.4 Å². The number of carbonyl (C=O) groups excluding carboxylic acids is 1. The minimum atomic E-state index is -0.326. The highest BCUT2D eigenvalue weighted by molar-refractivity contribution is 8.00. The van der Waals surface area contributed by atoms with Gasteiger partial charge >= 0.3 is 0 Å². The topological polar surface area (TPSA) is 66.3 Å². The third-order valence-electron chi connectivity index (χ3n) is 5.83. The van der Waals surface area contributed by atoms with Gasteiger partial charge in [0.2, 0.25) is 5.91 Å². The standard InChI is InChI=1S/C25H32N6OS/c1-19(24(32)26-20-12-14-21(15-13-20)29(2)3)33-25-28-27-23(18-30-16-8-5-9-17-30)31(25)22-10-6-4-7-11-22/h4,6-7,10-15,19H,5,8-9,16-18H2,1-3H3,(H,26,32). The summed E-state index contributed by atoms with van der Waals surface area (Å²) in [7, 11) is 3.99. The average molecular weight is 465 g/mol. The van der Waals surface area contributed by atoms with Crippen molar-refractivity contribution in [1.29, 1.82) is 0 Å². The molecule has 3 aromatic rings. The number of hydrogen-bond donors (Lipinski definition) is 1. The first-order valence-electron chi connectivity index (χ1n) is 11.5. The van der Waals surface area contributed by atoms with Crippen molar-refractivity contribution >= 4 is 29.0 Å². The summed E-state index contributed by atoms with van der Waals surface area (Å²) in [5, 5.41) is 12.4. The van der Waals surface area contributed by atoms with E-state index in [9.17, 15) is 4.79 Å². The highest BCUT2D eigenvalue weighted by Crippen LogP contribution is 2.27. The Morgan fingerprint density at radius 3 is 2.39 bits per heavy atom. The predicted molar refractivity (Wildman–Crippen MR) is 135 cm³/mol. The highest BCUT2D eigenvalue weighted by atomic mass is 32.2. The number of nitrogens with one attached hydrogen (secondary N) is 1. The summed E-state index contributed by atoms with van der Waals surface area (Å²) in [4.78, 5) is 17.4. The molecule has 1 aliphatic rings. The molecule has 33 heavy (non-hydrogen) atoms. The fraction of sp³-hybridized carbons (Fsp3) is 0.400. The smallest absolute Gasteiger partial charge is 0.237 e. The molecule has 0 spiro atoms. The van der Waals surface area contributed by atoms with Crippen LogP contribution in [0.3, 0.4) is 0 Å². The molecule has 0 bridgehead atoms. The van der Waals surface area contributed by atoms with E-state index in [4.69, 9.17) is 0 Å². The predicted octanol–water partition coefficient (Wildman–Crippen LogP) is 4.44. The minimum Gasteiger partial charge on any atom is -0.378 e. The van der Waals surface area contributed by atoms with E-state index in [1.807, 2.05) is 68.4 Å². The molecule has 1 fully saturated rings. The zero-order valence-corrected chi connectivity index (χ0v) is 20.4. The molecular weight excluding hydrogens is 432 g/mol. The summed E-state index contributed by atoms with van der Waals surface area (Å²) in [6.07, 6.45) is 3.76. The van der Waals surface area contributed by atoms with Crippen LogP contribution in [0.5, 0.6) is 0 Å². The Morgan fingerprint density at radius 2 is 1.73 bits per heavy atom. The van der Waals surface area contributed by atoms with Gasteiger partial charge in [0.05, 0.1) is 11.8 Å². The molecule has 4 rings (SSSR count). The fourth-order valence-electron chi connectivity index (χ4n) is 3.93. The molecule has 1 aromatic heterocycles. The number of benzene rings is 2. The number of amides is 1. The van der Waals surface area contributed by atoms with Gasteiger partial charge in [0.15, 0.2) is 11.0 Å². The van der Waals surface area contributed by atoms with Crippen LogP contribution in [0.4, 0.5) is 11.4 Å². The second-order valence-corrected chi connectivity index (χ2v) is 9.91. The van der Waals surface area contributed by atoms with Crippen molar-refractivity contribution in [2.45, 2.75) is 43.1 Å². The van der Waals surface area contributed by atoms with Crippen molar-refractivity contribution in [2.75, 3.05) is 37.4 Å². The Hall–Kier alpha value is -2.84. The molecular formula is C25H32N6OS. The van der Waals surface area contributed by atoms with Crippen LogP contribution in [-0.2, 0) is 11.3 Å². The van der Waals surface area contributed by atoms with Gasteiger partial charge in [0.25, 0.3) is 0 Å². The molecule has 7 nitrogen and oxygen atoms in total. The molecule has 1 N–H and O–H groups in total. The van der Waals surface area contributed by atoms with Crippen molar-refractivity contribution < 1.29 is 4.79 Å². The summed E-state index contributed by atoms with van der Waals surface area (Å²) in [6, 6.07) is 18.0. The van der Waals surface area contributed by atoms with Crippen molar-refractivity contribution in [2.24, 2.45) is 0 Å². The van der Waals surface area contributed by atoms with E-state index in [0.29, 0.717) is 0 Å². The normalized spacial score (nSPS) is 15.2. The third kappa shape index (κ3) is 5.94. The molecule has 2 heterocycles. The summed E-state index contributed by atoms with van der Waals surface area (Å²) in [5.41, 5.74) is 2.89. The second kappa shape index (κ2) is 10.9. The van der Waals surface area contributed by atoms with Crippen LogP contribution in [-0.4, -0.2) is 58.0 Å². The van der Waals surface area contributed by atoms with E-state index in [0.717, 1.165) is 47.7 Å². The maximum Gasteiger partial charge on any atom is 0.237 e. The SMILES string of the molecule is CC(Sc1nnc(CN2CCCCC2)n1-c1ccccc1)C(=O)Nc1ccc(N(C)C)cc1. The van der Waals surface area contributed by atoms with Crippen LogP contribution in [0.1, 0.15) is 32.0 Å². The number of piperidine rings is 1. The lowest BCUT2D eigenvalue weighted by atomic mass is 10.1. The lowest BCUT2D eigenvalue weighted by Crippen LogP contribution is -2.30. The number of thioether (sulfide) groups is 1. The number of hydrogen-bond acceptors (Lipinski definition) is 6. The van der Waals surface area contributed by atoms with Gasteiger partial charge < -0.3 is 10.2 Å². The van der Waals surface area contributed by atoms with Gasteiger partial charge in [-0.2, -0.15) is 0 Å². The summed E-state index contributed by atoms with van der Waals surface area (Å²) < 4.78 is 2.09. The van der Waals surface area contributed by atoms with Crippen molar-refractivity contribution in [3.8, 4) is 5.69 Å². The number of nitrogens with zero attached hydrogens (tertiary/aromatic N) is 5. The largest absolute Gasteiger partial charge is 0.378 e. The zero-order valence-electron chi connectivity index (χ0n) is 19.6. The van der Waals surface area contributed by atoms with Gasteiger partial charge in [0.1, 0.15) is 0 Å². The number of aromatic nitrogens is 3. The molecule has 1 unspecified atom stereocenters. The van der Waals surface area contributed by atoms with E-state index in [-0.39, 0.29) is 11.2 Å². The van der Waals surface area contributed by atoms with Crippen LogP contribution in [0.25, 0.3) is 5.69 Å². The first-order valence-corrected chi connectivity index (χ1v) is 12.4. The Balaban J connectivity index is 1.49. The molecule has 8 heteroatoms. The van der Waals surface area contributed by atoms with E-state index in [1.165, 1.54) is 31.0 Å². The molecule has 174 valence electrons. The van der Waals surface area contributed by atoms with Gasteiger partial charge in [-0.05, 0) is 69.3 Å². The summed E-state index contributed by atoms with van der Waals surface area (Å²) in [6.45, 7) is 4.86. The highest BCUT2D eigenvalue weighted by Gasteiger charge is 2.23. The lowest BCUT2D eigenvalue weighted by molar-refractivity contribution is -0.115. The first kappa shape index (κ1) is 23.3. The van der Waals surface area contributed by atoms with E-state index >= 15 is 0 Å². The average Bonchev–Trinajstić information content (AvgIpc) is 3.22. The van der Waals surface area contributed by atoms with E-state index in [2.05, 4.69) is 37.1 Å². The van der Waals surface area contributed by atoms with Gasteiger partial charge in [0, 0.05) is 31.2 Å². The zero-order chi connectivity index (χ0) is 23.2. The molecule has 2 aromatic carbocycles. The van der Waals surface area contributed by atoms with Crippen LogP contribution < -0.4 is 10.2 Å². The van der Waals surface area contributed by atoms with Crippen LogP contribution in [0.2, 0.25) is 0 Å². The third-order valence-corrected chi connectivity index (χ3v) is 6.87. The number of anilines is 2. The molecule has 1 amide bonds. The summed E-state index contributed by atoms with van der Waals surface area (Å²) in [5.74, 6) is 0.857. The number of para-hydroxylation sites is 1. The van der Waals surface area contributed by atoms with Gasteiger partial charge in [-0.3, -0.25) is 14.3 Å². The van der Waals surface area contributed by atoms with Crippen LogP contribution in [0.15, 0.2) is 59.8 Å². The first-order chi connectivity index (χ1) is 16.0.